The van der Waals surface area contributed by atoms with Crippen LogP contribution in [0.3, 0.4) is 0 Å². The van der Waals surface area contributed by atoms with Crippen molar-refractivity contribution in [3.63, 3.8) is 0 Å². The summed E-state index contributed by atoms with van der Waals surface area (Å²) in [5.41, 5.74) is 5.72. The second kappa shape index (κ2) is 6.77. The molecule has 1 aromatic heterocycles. The third-order valence-corrected chi connectivity index (χ3v) is 3.45. The number of hydrogen-bond donors (Lipinski definition) is 3. The maximum Gasteiger partial charge on any atom is 0.573 e. The summed E-state index contributed by atoms with van der Waals surface area (Å²) in [6, 6.07) is 4.83. The minimum Gasteiger partial charge on any atom is -0.406 e. The van der Waals surface area contributed by atoms with Crippen LogP contribution in [-0.2, 0) is 4.79 Å². The Bertz CT molecular complexity index is 674. The number of nitrogen functional groups attached to an aromatic ring is 1. The molecular formula is C12H12F3N5O2S. The zero-order valence-electron chi connectivity index (χ0n) is 11.7. The summed E-state index contributed by atoms with van der Waals surface area (Å²) in [7, 11) is 0. The topological polar surface area (TPSA) is 106 Å². The Hall–Kier alpha value is -2.43. The van der Waals surface area contributed by atoms with Crippen molar-refractivity contribution in [2.45, 2.75) is 23.7 Å². The molecular weight excluding hydrogens is 335 g/mol. The van der Waals surface area contributed by atoms with Crippen LogP contribution in [0.2, 0.25) is 0 Å². The van der Waals surface area contributed by atoms with Gasteiger partial charge in [0, 0.05) is 5.69 Å². The average molecular weight is 347 g/mol. The molecule has 0 aliphatic rings. The minimum absolute atomic E-state index is 0.139. The number of nitrogens with zero attached hydrogens (tertiary/aromatic N) is 2. The summed E-state index contributed by atoms with van der Waals surface area (Å²) in [6.45, 7) is 1.63. The lowest BCUT2D eigenvalue weighted by atomic mass is 10.3. The molecule has 23 heavy (non-hydrogen) atoms. The molecule has 1 heterocycles. The van der Waals surface area contributed by atoms with Gasteiger partial charge in [0.2, 0.25) is 17.0 Å². The molecule has 0 fully saturated rings. The fraction of sp³-hybridized carbons (Fsp3) is 0.250. The predicted molar refractivity (Wildman–Crippen MR) is 77.9 cm³/mol. The Morgan fingerprint density at radius 2 is 2.04 bits per heavy atom. The van der Waals surface area contributed by atoms with Gasteiger partial charge < -0.3 is 15.8 Å². The highest BCUT2D eigenvalue weighted by Crippen LogP contribution is 2.25. The van der Waals surface area contributed by atoms with Gasteiger partial charge in [-0.15, -0.1) is 18.3 Å². The third kappa shape index (κ3) is 5.36. The molecule has 0 saturated carbocycles. The van der Waals surface area contributed by atoms with Crippen LogP contribution < -0.4 is 15.8 Å². The molecule has 1 amide bonds. The van der Waals surface area contributed by atoms with E-state index in [1.165, 1.54) is 12.1 Å². The zero-order valence-corrected chi connectivity index (χ0v) is 12.5. The average Bonchev–Trinajstić information content (AvgIpc) is 2.84. The number of anilines is 2. The van der Waals surface area contributed by atoms with Gasteiger partial charge in [-0.2, -0.15) is 4.98 Å². The summed E-state index contributed by atoms with van der Waals surface area (Å²) in [6.07, 6.45) is -4.76. The van der Waals surface area contributed by atoms with Crippen LogP contribution >= 0.6 is 11.8 Å². The second-order valence-electron chi connectivity index (χ2n) is 4.32. The number of ether oxygens (including phenoxy) is 1. The lowest BCUT2D eigenvalue weighted by molar-refractivity contribution is -0.274. The fourth-order valence-corrected chi connectivity index (χ4v) is 2.24. The van der Waals surface area contributed by atoms with Gasteiger partial charge in [-0.3, -0.25) is 4.79 Å². The SMILES string of the molecule is C[C@H](Sc1n[nH]c(N)n1)C(=O)Nc1ccc(OC(F)(F)F)cc1. The van der Waals surface area contributed by atoms with Crippen molar-refractivity contribution in [2.24, 2.45) is 0 Å². The van der Waals surface area contributed by atoms with Gasteiger partial charge in [0.05, 0.1) is 5.25 Å². The number of halogens is 3. The first-order chi connectivity index (χ1) is 10.7. The molecule has 0 radical (unpaired) electrons. The number of nitrogens with two attached hydrogens (primary N) is 1. The number of aromatic amines is 1. The molecule has 0 unspecified atom stereocenters. The van der Waals surface area contributed by atoms with Crippen molar-refractivity contribution in [3.8, 4) is 5.75 Å². The van der Waals surface area contributed by atoms with Crippen LogP contribution in [0.1, 0.15) is 6.92 Å². The number of H-pyrrole nitrogens is 1. The van der Waals surface area contributed by atoms with Gasteiger partial charge in [-0.25, -0.2) is 5.10 Å². The van der Waals surface area contributed by atoms with Crippen LogP contribution in [0.5, 0.6) is 5.75 Å². The van der Waals surface area contributed by atoms with Crippen molar-refractivity contribution >= 4 is 29.3 Å². The Kier molecular flexibility index (Phi) is 4.98. The smallest absolute Gasteiger partial charge is 0.406 e. The van der Waals surface area contributed by atoms with Crippen LogP contribution in [0, 0.1) is 0 Å². The Morgan fingerprint density at radius 3 is 2.57 bits per heavy atom. The van der Waals surface area contributed by atoms with E-state index in [9.17, 15) is 18.0 Å². The molecule has 0 spiro atoms. The Labute approximate surface area is 132 Å². The van der Waals surface area contributed by atoms with Gasteiger partial charge in [0.25, 0.3) is 0 Å². The van der Waals surface area contributed by atoms with Gasteiger partial charge in [0.1, 0.15) is 5.75 Å². The maximum absolute atomic E-state index is 12.0. The van der Waals surface area contributed by atoms with Crippen LogP contribution in [0.15, 0.2) is 29.4 Å². The monoisotopic (exact) mass is 347 g/mol. The van der Waals surface area contributed by atoms with Gasteiger partial charge in [-0.1, -0.05) is 11.8 Å². The molecule has 0 saturated heterocycles. The number of rotatable bonds is 5. The highest BCUT2D eigenvalue weighted by Gasteiger charge is 2.31. The van der Waals surface area contributed by atoms with E-state index in [0.29, 0.717) is 10.8 Å². The highest BCUT2D eigenvalue weighted by molar-refractivity contribution is 8.00. The van der Waals surface area contributed by atoms with Gasteiger partial charge in [0.15, 0.2) is 0 Å². The number of carbonyl (C=O) groups excluding carboxylic acids is 1. The lowest BCUT2D eigenvalue weighted by Gasteiger charge is -2.12. The summed E-state index contributed by atoms with van der Waals surface area (Å²) < 4.78 is 39.9. The van der Waals surface area contributed by atoms with Crippen molar-refractivity contribution in [2.75, 3.05) is 11.1 Å². The summed E-state index contributed by atoms with van der Waals surface area (Å²) in [5, 5.41) is 8.59. The highest BCUT2D eigenvalue weighted by atomic mass is 32.2. The number of aromatic nitrogens is 3. The fourth-order valence-electron chi connectivity index (χ4n) is 1.51. The standard InChI is InChI=1S/C12H12F3N5O2S/c1-6(23-11-18-10(16)19-20-11)9(21)17-7-2-4-8(5-3-7)22-12(13,14)15/h2-6H,1H3,(H,17,21)(H3,16,18,19,20)/t6-/m0/s1. The predicted octanol–water partition coefficient (Wildman–Crippen LogP) is 2.40. The van der Waals surface area contributed by atoms with E-state index in [4.69, 9.17) is 5.73 Å². The molecule has 1 atom stereocenters. The molecule has 4 N–H and O–H groups in total. The third-order valence-electron chi connectivity index (χ3n) is 2.49. The number of carbonyl (C=O) groups is 1. The molecule has 1 aromatic carbocycles. The van der Waals surface area contributed by atoms with E-state index in [2.05, 4.69) is 25.2 Å². The maximum atomic E-state index is 12.0. The Morgan fingerprint density at radius 1 is 1.39 bits per heavy atom. The number of nitrogens with one attached hydrogen (secondary N) is 2. The molecule has 0 aliphatic carbocycles. The van der Waals surface area contributed by atoms with Crippen LogP contribution in [-0.4, -0.2) is 32.7 Å². The van der Waals surface area contributed by atoms with Crippen LogP contribution in [0.4, 0.5) is 24.8 Å². The Balaban J connectivity index is 1.91. The lowest BCUT2D eigenvalue weighted by Crippen LogP contribution is -2.22. The largest absolute Gasteiger partial charge is 0.573 e. The molecule has 2 rings (SSSR count). The van der Waals surface area contributed by atoms with Crippen molar-refractivity contribution < 1.29 is 22.7 Å². The molecule has 7 nitrogen and oxygen atoms in total. The quantitative estimate of drug-likeness (QED) is 0.717. The number of alkyl halides is 3. The number of thioether (sulfide) groups is 1. The number of benzene rings is 1. The van der Waals surface area contributed by atoms with Gasteiger partial charge >= 0.3 is 6.36 Å². The first kappa shape index (κ1) is 16.9. The summed E-state index contributed by atoms with van der Waals surface area (Å²) in [5.74, 6) is -0.586. The number of amides is 1. The zero-order chi connectivity index (χ0) is 17.0. The second-order valence-corrected chi connectivity index (χ2v) is 5.63. The minimum atomic E-state index is -4.76. The van der Waals surface area contributed by atoms with E-state index in [0.717, 1.165) is 23.9 Å². The van der Waals surface area contributed by atoms with E-state index in [1.54, 1.807) is 6.92 Å². The number of hydrogen-bond acceptors (Lipinski definition) is 6. The van der Waals surface area contributed by atoms with Crippen molar-refractivity contribution in [3.05, 3.63) is 24.3 Å². The normalized spacial score (nSPS) is 12.7. The first-order valence-corrected chi connectivity index (χ1v) is 7.12. The van der Waals surface area contributed by atoms with Crippen LogP contribution in [0.25, 0.3) is 0 Å². The molecule has 2 aromatic rings. The molecule has 0 bridgehead atoms. The van der Waals surface area contributed by atoms with E-state index in [1.807, 2.05) is 0 Å². The van der Waals surface area contributed by atoms with E-state index in [-0.39, 0.29) is 17.6 Å². The summed E-state index contributed by atoms with van der Waals surface area (Å²) in [4.78, 5) is 15.9. The van der Waals surface area contributed by atoms with Gasteiger partial charge in [-0.05, 0) is 31.2 Å². The molecule has 124 valence electrons. The van der Waals surface area contributed by atoms with E-state index < -0.39 is 11.6 Å². The molecule has 11 heteroatoms. The van der Waals surface area contributed by atoms with Crippen molar-refractivity contribution in [1.82, 2.24) is 15.2 Å². The summed E-state index contributed by atoms with van der Waals surface area (Å²) >= 11 is 1.08. The van der Waals surface area contributed by atoms with Crippen molar-refractivity contribution in [1.29, 1.82) is 0 Å². The molecule has 0 aliphatic heterocycles. The van der Waals surface area contributed by atoms with E-state index >= 15 is 0 Å². The first-order valence-electron chi connectivity index (χ1n) is 6.24.